The van der Waals surface area contributed by atoms with Crippen LogP contribution in [0.1, 0.15) is 146 Å². The predicted molar refractivity (Wildman–Crippen MR) is 218 cm³/mol. The van der Waals surface area contributed by atoms with E-state index in [2.05, 4.69) is 72.4 Å². The zero-order chi connectivity index (χ0) is 38.9. The fourth-order valence-corrected chi connectivity index (χ4v) is 9.61. The molecule has 3 saturated carbocycles. The Morgan fingerprint density at radius 1 is 1.02 bits per heavy atom. The van der Waals surface area contributed by atoms with Crippen molar-refractivity contribution in [2.75, 3.05) is 0 Å². The van der Waals surface area contributed by atoms with Gasteiger partial charge in [-0.3, -0.25) is 0 Å². The Balaban J connectivity index is 0.000000295. The van der Waals surface area contributed by atoms with Gasteiger partial charge in [0.25, 0.3) is 0 Å². The molecule has 5 heteroatoms. The molecule has 4 aliphatic carbocycles. The minimum Gasteiger partial charge on any atom is -0.478 e. The molecule has 0 aromatic rings. The number of allylic oxidation sites excluding steroid dienone is 12. The Morgan fingerprint density at radius 3 is 2.37 bits per heavy atom. The largest absolute Gasteiger partial charge is 0.478 e. The average molecular weight is 717 g/mol. The Morgan fingerprint density at radius 2 is 1.71 bits per heavy atom. The second-order valence-electron chi connectivity index (χ2n) is 18.1. The topological polar surface area (TPSA) is 98.0 Å². The third-order valence-corrected chi connectivity index (χ3v) is 12.6. The van der Waals surface area contributed by atoms with E-state index in [1.807, 2.05) is 26.0 Å². The first-order chi connectivity index (χ1) is 24.2. The number of hydrogen-bond acceptors (Lipinski definition) is 4. The van der Waals surface area contributed by atoms with Crippen LogP contribution in [0, 0.1) is 28.6 Å². The van der Waals surface area contributed by atoms with Gasteiger partial charge in [-0.05, 0) is 150 Å². The van der Waals surface area contributed by atoms with Crippen LogP contribution < -0.4 is 0 Å². The summed E-state index contributed by atoms with van der Waals surface area (Å²) in [7, 11) is 0. The van der Waals surface area contributed by atoms with E-state index in [4.69, 9.17) is 5.11 Å². The molecule has 0 aromatic carbocycles. The van der Waals surface area contributed by atoms with E-state index >= 15 is 0 Å². The van der Waals surface area contributed by atoms with Crippen LogP contribution in [-0.2, 0) is 4.79 Å². The summed E-state index contributed by atoms with van der Waals surface area (Å²) in [5, 5.41) is 38.9. The van der Waals surface area contributed by atoms with E-state index in [-0.39, 0.29) is 5.41 Å². The molecule has 0 aliphatic heterocycles. The van der Waals surface area contributed by atoms with Gasteiger partial charge in [0, 0.05) is 12.5 Å². The zero-order valence-corrected chi connectivity index (χ0v) is 34.1. The SMILES string of the molecule is C=C1/C(=C\C=C2/CCC[C@]3(C)[C@@H]([C@H](C)CCCC(C)(C)O)CC[C@@H]23)C[C@@H](O)C[C@@H]1O.CC1=C(/C=C/C(C)=C/C=C/C(C)=C/C(=O)O)C(C)(C)CCC1. The Hall–Kier alpha value is -2.73. The standard InChI is InChI=1S/C27H44O3.C20H28O2/c1-18(8-6-14-26(3,4)30)23-12-13-24-20(9-7-15-27(23,24)5)10-11-21-16-22(28)17-25(29)19(21)2;1-15(8-6-9-16(2)14-19(21)22)11-12-18-17(3)10-7-13-20(18,4)5/h10-11,18,22-25,28-30H,2,6-9,12-17H2,1,3-5H3;6,8-9,11-12,14H,7,10,13H2,1-5H3,(H,21,22)/b20-10+,21-11-;9-6+,12-11+,15-8+,16-14+/t18-,22-,23-,24+,25+,27-;/m1./s1. The molecule has 0 radical (unpaired) electrons. The average Bonchev–Trinajstić information content (AvgIpc) is 3.38. The first-order valence-corrected chi connectivity index (χ1v) is 20.1. The molecular weight excluding hydrogens is 645 g/mol. The number of carboxylic acid groups (broad SMARTS) is 1. The van der Waals surface area contributed by atoms with E-state index < -0.39 is 23.8 Å². The summed E-state index contributed by atoms with van der Waals surface area (Å²) >= 11 is 0. The van der Waals surface area contributed by atoms with Gasteiger partial charge in [-0.1, -0.05) is 106 Å². The molecule has 0 amide bonds. The molecule has 0 unspecified atom stereocenters. The smallest absolute Gasteiger partial charge is 0.328 e. The van der Waals surface area contributed by atoms with Crippen LogP contribution in [0.2, 0.25) is 0 Å². The molecule has 5 nitrogen and oxygen atoms in total. The summed E-state index contributed by atoms with van der Waals surface area (Å²) in [5.74, 6) is 1.19. The van der Waals surface area contributed by atoms with Gasteiger partial charge in [-0.2, -0.15) is 0 Å². The second-order valence-corrected chi connectivity index (χ2v) is 18.1. The van der Waals surface area contributed by atoms with Crippen molar-refractivity contribution in [2.45, 2.75) is 164 Å². The number of hydrogen-bond donors (Lipinski definition) is 4. The van der Waals surface area contributed by atoms with Gasteiger partial charge in [-0.15, -0.1) is 0 Å². The number of fused-ring (bicyclic) bond motifs is 1. The van der Waals surface area contributed by atoms with Crippen LogP contribution in [0.3, 0.4) is 0 Å². The normalized spacial score (nSPS) is 31.0. The summed E-state index contributed by atoms with van der Waals surface area (Å²) in [4.78, 5) is 10.5. The fraction of sp³-hybridized carbons (Fsp3) is 0.638. The number of aliphatic carboxylic acids is 1. The van der Waals surface area contributed by atoms with Crippen molar-refractivity contribution in [1.29, 1.82) is 0 Å². The van der Waals surface area contributed by atoms with Crippen molar-refractivity contribution in [3.8, 4) is 0 Å². The van der Waals surface area contributed by atoms with Gasteiger partial charge in [0.05, 0.1) is 17.8 Å². The molecule has 52 heavy (non-hydrogen) atoms. The van der Waals surface area contributed by atoms with Crippen LogP contribution in [0.25, 0.3) is 0 Å². The van der Waals surface area contributed by atoms with Crippen LogP contribution in [0.5, 0.6) is 0 Å². The van der Waals surface area contributed by atoms with Gasteiger partial charge in [0.1, 0.15) is 0 Å². The van der Waals surface area contributed by atoms with Gasteiger partial charge < -0.3 is 20.4 Å². The predicted octanol–water partition coefficient (Wildman–Crippen LogP) is 11.3. The third kappa shape index (κ3) is 12.7. The maximum atomic E-state index is 10.5. The van der Waals surface area contributed by atoms with Crippen molar-refractivity contribution in [1.82, 2.24) is 0 Å². The van der Waals surface area contributed by atoms with Gasteiger partial charge >= 0.3 is 5.97 Å². The van der Waals surface area contributed by atoms with Crippen molar-refractivity contribution in [3.63, 3.8) is 0 Å². The molecule has 4 rings (SSSR count). The molecule has 3 fully saturated rings. The highest BCUT2D eigenvalue weighted by atomic mass is 16.4. The maximum absolute atomic E-state index is 10.5. The minimum absolute atomic E-state index is 0.260. The minimum atomic E-state index is -0.912. The summed E-state index contributed by atoms with van der Waals surface area (Å²) in [5.41, 5.74) is 8.26. The maximum Gasteiger partial charge on any atom is 0.328 e. The highest BCUT2D eigenvalue weighted by Gasteiger charge is 2.50. The number of aliphatic hydroxyl groups excluding tert-OH is 2. The van der Waals surface area contributed by atoms with E-state index in [0.717, 1.165) is 41.1 Å². The van der Waals surface area contributed by atoms with Crippen molar-refractivity contribution in [3.05, 3.63) is 94.2 Å². The number of rotatable bonds is 11. The number of carbonyl (C=O) groups is 1. The lowest BCUT2D eigenvalue weighted by molar-refractivity contribution is -0.131. The first kappa shape index (κ1) is 43.7. The molecule has 0 aromatic heterocycles. The molecule has 4 aliphatic rings. The molecular formula is C47H72O5. The van der Waals surface area contributed by atoms with Crippen LogP contribution >= 0.6 is 0 Å². The van der Waals surface area contributed by atoms with Crippen LogP contribution in [-0.4, -0.2) is 44.2 Å². The monoisotopic (exact) mass is 717 g/mol. The van der Waals surface area contributed by atoms with E-state index in [1.165, 1.54) is 75.0 Å². The quantitative estimate of drug-likeness (QED) is 0.126. The summed E-state index contributed by atoms with van der Waals surface area (Å²) in [6.45, 7) is 23.5. The molecule has 0 saturated heterocycles. The van der Waals surface area contributed by atoms with Gasteiger partial charge in [-0.25, -0.2) is 4.79 Å². The highest BCUT2D eigenvalue weighted by Crippen LogP contribution is 2.60. The second kappa shape index (κ2) is 19.0. The van der Waals surface area contributed by atoms with E-state index in [9.17, 15) is 20.1 Å². The summed E-state index contributed by atoms with van der Waals surface area (Å²) < 4.78 is 0. The van der Waals surface area contributed by atoms with Crippen molar-refractivity contribution in [2.24, 2.45) is 28.6 Å². The fourth-order valence-electron chi connectivity index (χ4n) is 9.61. The summed E-state index contributed by atoms with van der Waals surface area (Å²) in [6, 6.07) is 0. The third-order valence-electron chi connectivity index (χ3n) is 12.6. The lowest BCUT2D eigenvalue weighted by Crippen LogP contribution is -2.36. The Bertz CT molecular complexity index is 1470. The Labute approximate surface area is 316 Å². The highest BCUT2D eigenvalue weighted by molar-refractivity contribution is 5.81. The molecule has 0 heterocycles. The lowest BCUT2D eigenvalue weighted by Gasteiger charge is -2.44. The molecule has 0 bridgehead atoms. The molecule has 6 atom stereocenters. The molecule has 290 valence electrons. The van der Waals surface area contributed by atoms with Gasteiger partial charge in [0.2, 0.25) is 0 Å². The van der Waals surface area contributed by atoms with Gasteiger partial charge in [0.15, 0.2) is 0 Å². The van der Waals surface area contributed by atoms with Crippen molar-refractivity contribution < 1.29 is 25.2 Å². The lowest BCUT2D eigenvalue weighted by atomic mass is 9.60. The van der Waals surface area contributed by atoms with Crippen molar-refractivity contribution >= 4 is 5.97 Å². The number of carboxylic acids is 1. The van der Waals surface area contributed by atoms with E-state index in [0.29, 0.717) is 30.1 Å². The first-order valence-electron chi connectivity index (χ1n) is 20.1. The summed E-state index contributed by atoms with van der Waals surface area (Å²) in [6.07, 6.45) is 28.9. The van der Waals surface area contributed by atoms with Crippen LogP contribution in [0.4, 0.5) is 0 Å². The van der Waals surface area contributed by atoms with E-state index in [1.54, 1.807) is 18.6 Å². The molecule has 4 N–H and O–H groups in total. The van der Waals surface area contributed by atoms with Crippen LogP contribution in [0.15, 0.2) is 94.2 Å². The molecule has 0 spiro atoms. The Kier molecular flexibility index (Phi) is 16.0. The number of aliphatic hydroxyl groups is 3. The zero-order valence-electron chi connectivity index (χ0n) is 34.1.